The molecule has 0 aliphatic rings. The number of hydrogen-bond acceptors (Lipinski definition) is 5. The van der Waals surface area contributed by atoms with Gasteiger partial charge in [-0.15, -0.1) is 0 Å². The molecule has 0 spiro atoms. The molecule has 0 fully saturated rings. The number of aromatic nitrogens is 1. The van der Waals surface area contributed by atoms with Gasteiger partial charge < -0.3 is 30.0 Å². The molecule has 6 heteroatoms. The highest BCUT2D eigenvalue weighted by atomic mass is 16.5. The van der Waals surface area contributed by atoms with E-state index in [4.69, 9.17) is 9.47 Å². The number of phenolic OH excluding ortho intramolecular Hbond substituents is 1. The number of nitrogens with one attached hydrogen (secondary N) is 2. The van der Waals surface area contributed by atoms with Gasteiger partial charge >= 0.3 is 0 Å². The van der Waals surface area contributed by atoms with Gasteiger partial charge in [0, 0.05) is 35.8 Å². The second-order valence-corrected chi connectivity index (χ2v) is 7.76. The van der Waals surface area contributed by atoms with Crippen molar-refractivity contribution in [3.8, 4) is 17.2 Å². The number of fused-ring (bicyclic) bond motifs is 3. The summed E-state index contributed by atoms with van der Waals surface area (Å²) in [5, 5.41) is 26.0. The second kappa shape index (κ2) is 9.29. The third kappa shape index (κ3) is 4.60. The highest BCUT2D eigenvalue weighted by Gasteiger charge is 2.15. The fourth-order valence-corrected chi connectivity index (χ4v) is 3.92. The van der Waals surface area contributed by atoms with Crippen LogP contribution in [0.4, 0.5) is 0 Å². The topological polar surface area (TPSA) is 86.7 Å². The van der Waals surface area contributed by atoms with Crippen molar-refractivity contribution >= 4 is 21.8 Å². The summed E-state index contributed by atoms with van der Waals surface area (Å²) in [5.74, 6) is 1.64. The van der Waals surface area contributed by atoms with Crippen LogP contribution in [0.15, 0.2) is 60.7 Å². The molecule has 0 aliphatic carbocycles. The minimum Gasteiger partial charge on any atom is -0.507 e. The van der Waals surface area contributed by atoms with Crippen molar-refractivity contribution in [3.05, 3.63) is 66.2 Å². The number of benzene rings is 3. The number of aliphatic hydroxyl groups is 1. The molecule has 6 nitrogen and oxygen atoms in total. The number of hydrogen-bond donors (Lipinski definition) is 4. The van der Waals surface area contributed by atoms with Crippen molar-refractivity contribution in [1.82, 2.24) is 10.3 Å². The molecule has 4 aromatic rings. The van der Waals surface area contributed by atoms with E-state index >= 15 is 0 Å². The molecule has 2 atom stereocenters. The van der Waals surface area contributed by atoms with Gasteiger partial charge in [0.05, 0.1) is 18.7 Å². The molecule has 2 unspecified atom stereocenters. The van der Waals surface area contributed by atoms with E-state index in [0.29, 0.717) is 31.0 Å². The Kier molecular flexibility index (Phi) is 6.30. The van der Waals surface area contributed by atoms with E-state index in [-0.39, 0.29) is 11.9 Å². The van der Waals surface area contributed by atoms with Gasteiger partial charge in [0.2, 0.25) is 0 Å². The standard InChI is InChI=1S/C25H28N2O4/c1-16(31-23-10-6-5-9-22(23)30-2)14-26-15-18(28)13-17-11-12-21(29)24-19-7-3-4-8-20(19)27-25(17)24/h3-12,16,18,26-29H,13-15H2,1-2H3. The molecule has 162 valence electrons. The summed E-state index contributed by atoms with van der Waals surface area (Å²) in [4.78, 5) is 3.38. The van der Waals surface area contributed by atoms with Gasteiger partial charge in [-0.25, -0.2) is 0 Å². The summed E-state index contributed by atoms with van der Waals surface area (Å²) in [6.45, 7) is 2.99. The zero-order valence-electron chi connectivity index (χ0n) is 17.8. The quantitative estimate of drug-likeness (QED) is 0.329. The third-order valence-electron chi connectivity index (χ3n) is 5.39. The van der Waals surface area contributed by atoms with Gasteiger partial charge in [-0.05, 0) is 36.8 Å². The number of aliphatic hydroxyl groups excluding tert-OH is 1. The summed E-state index contributed by atoms with van der Waals surface area (Å²) in [6, 6.07) is 19.0. The summed E-state index contributed by atoms with van der Waals surface area (Å²) >= 11 is 0. The van der Waals surface area contributed by atoms with Gasteiger partial charge in [0.25, 0.3) is 0 Å². The van der Waals surface area contributed by atoms with Gasteiger partial charge in [0.15, 0.2) is 11.5 Å². The number of para-hydroxylation sites is 3. The van der Waals surface area contributed by atoms with E-state index in [2.05, 4.69) is 10.3 Å². The summed E-state index contributed by atoms with van der Waals surface area (Å²) in [6.07, 6.45) is -0.187. The van der Waals surface area contributed by atoms with Gasteiger partial charge in [-0.3, -0.25) is 0 Å². The average Bonchev–Trinajstić information content (AvgIpc) is 3.17. The number of aromatic amines is 1. The first-order chi connectivity index (χ1) is 15.1. The first kappa shape index (κ1) is 21.0. The number of rotatable bonds is 9. The number of H-pyrrole nitrogens is 1. The minimum atomic E-state index is -0.572. The Bertz CT molecular complexity index is 1170. The number of phenols is 1. The average molecular weight is 421 g/mol. The smallest absolute Gasteiger partial charge is 0.161 e. The molecule has 31 heavy (non-hydrogen) atoms. The van der Waals surface area contributed by atoms with Gasteiger partial charge in [-0.1, -0.05) is 36.4 Å². The number of methoxy groups -OCH3 is 1. The molecular formula is C25H28N2O4. The fraction of sp³-hybridized carbons (Fsp3) is 0.280. The lowest BCUT2D eigenvalue weighted by Crippen LogP contribution is -2.35. The van der Waals surface area contributed by atoms with Crippen molar-refractivity contribution in [2.45, 2.75) is 25.6 Å². The van der Waals surface area contributed by atoms with Crippen molar-refractivity contribution < 1.29 is 19.7 Å². The first-order valence-electron chi connectivity index (χ1n) is 10.5. The van der Waals surface area contributed by atoms with Crippen molar-refractivity contribution in [1.29, 1.82) is 0 Å². The molecule has 0 saturated carbocycles. The zero-order valence-corrected chi connectivity index (χ0v) is 17.8. The lowest BCUT2D eigenvalue weighted by molar-refractivity contribution is 0.159. The molecule has 0 aliphatic heterocycles. The molecule has 0 saturated heterocycles. The van der Waals surface area contributed by atoms with E-state index in [1.54, 1.807) is 13.2 Å². The van der Waals surface area contributed by atoms with Crippen LogP contribution in [0.2, 0.25) is 0 Å². The predicted octanol–water partition coefficient (Wildman–Crippen LogP) is 4.00. The molecular weight excluding hydrogens is 392 g/mol. The fourth-order valence-electron chi connectivity index (χ4n) is 3.92. The third-order valence-corrected chi connectivity index (χ3v) is 5.39. The lowest BCUT2D eigenvalue weighted by Gasteiger charge is -2.19. The first-order valence-corrected chi connectivity index (χ1v) is 10.5. The minimum absolute atomic E-state index is 0.0856. The summed E-state index contributed by atoms with van der Waals surface area (Å²) in [7, 11) is 1.62. The van der Waals surface area contributed by atoms with Crippen molar-refractivity contribution in [2.75, 3.05) is 20.2 Å². The second-order valence-electron chi connectivity index (χ2n) is 7.76. The van der Waals surface area contributed by atoms with Crippen LogP contribution in [0.25, 0.3) is 21.8 Å². The molecule has 0 amide bonds. The van der Waals surface area contributed by atoms with E-state index in [9.17, 15) is 10.2 Å². The van der Waals surface area contributed by atoms with Crippen LogP contribution < -0.4 is 14.8 Å². The Morgan fingerprint density at radius 3 is 2.52 bits per heavy atom. The van der Waals surface area contributed by atoms with Gasteiger partial charge in [-0.2, -0.15) is 0 Å². The van der Waals surface area contributed by atoms with Crippen LogP contribution in [0, 0.1) is 0 Å². The molecule has 0 bridgehead atoms. The van der Waals surface area contributed by atoms with Crippen LogP contribution in [0.5, 0.6) is 17.2 Å². The Hall–Kier alpha value is -3.22. The monoisotopic (exact) mass is 420 g/mol. The normalized spacial score (nSPS) is 13.4. The molecule has 1 heterocycles. The highest BCUT2D eigenvalue weighted by molar-refractivity contribution is 6.11. The van der Waals surface area contributed by atoms with E-state index in [1.165, 1.54) is 0 Å². The SMILES string of the molecule is COc1ccccc1OC(C)CNCC(O)Cc1ccc(O)c2c1[nH]c1ccccc12. The van der Waals surface area contributed by atoms with Crippen LogP contribution >= 0.6 is 0 Å². The van der Waals surface area contributed by atoms with Crippen molar-refractivity contribution in [2.24, 2.45) is 0 Å². The maximum atomic E-state index is 10.6. The summed E-state index contributed by atoms with van der Waals surface area (Å²) < 4.78 is 11.3. The largest absolute Gasteiger partial charge is 0.507 e. The zero-order chi connectivity index (χ0) is 21.8. The maximum Gasteiger partial charge on any atom is 0.161 e. The number of ether oxygens (including phenoxy) is 2. The highest BCUT2D eigenvalue weighted by Crippen LogP contribution is 2.34. The molecule has 1 aromatic heterocycles. The van der Waals surface area contributed by atoms with E-state index in [1.807, 2.05) is 61.5 Å². The molecule has 4 N–H and O–H groups in total. The van der Waals surface area contributed by atoms with Crippen LogP contribution in [-0.2, 0) is 6.42 Å². The molecule has 0 radical (unpaired) electrons. The maximum absolute atomic E-state index is 10.6. The van der Waals surface area contributed by atoms with Gasteiger partial charge in [0.1, 0.15) is 11.9 Å². The van der Waals surface area contributed by atoms with Crippen LogP contribution in [-0.4, -0.2) is 47.6 Å². The van der Waals surface area contributed by atoms with Crippen LogP contribution in [0.1, 0.15) is 12.5 Å². The summed E-state index contributed by atoms with van der Waals surface area (Å²) in [5.41, 5.74) is 2.81. The van der Waals surface area contributed by atoms with Crippen molar-refractivity contribution in [3.63, 3.8) is 0 Å². The van der Waals surface area contributed by atoms with Crippen LogP contribution in [0.3, 0.4) is 0 Å². The molecule has 4 rings (SSSR count). The Morgan fingerprint density at radius 1 is 0.968 bits per heavy atom. The Morgan fingerprint density at radius 2 is 1.71 bits per heavy atom. The number of aromatic hydroxyl groups is 1. The Labute approximate surface area is 181 Å². The molecule has 3 aromatic carbocycles. The Balaban J connectivity index is 1.36. The van der Waals surface area contributed by atoms with E-state index < -0.39 is 6.10 Å². The predicted molar refractivity (Wildman–Crippen MR) is 123 cm³/mol. The van der Waals surface area contributed by atoms with E-state index in [0.717, 1.165) is 27.4 Å². The lowest BCUT2D eigenvalue weighted by atomic mass is 10.0.